The summed E-state index contributed by atoms with van der Waals surface area (Å²) >= 11 is 7.25. The van der Waals surface area contributed by atoms with Gasteiger partial charge in [-0.05, 0) is 55.3 Å². The van der Waals surface area contributed by atoms with Crippen LogP contribution in [0.1, 0.15) is 21.5 Å². The van der Waals surface area contributed by atoms with Crippen LogP contribution in [0.5, 0.6) is 0 Å². The third kappa shape index (κ3) is 6.65. The van der Waals surface area contributed by atoms with Crippen LogP contribution in [0.25, 0.3) is 0 Å². The van der Waals surface area contributed by atoms with Crippen molar-refractivity contribution in [2.24, 2.45) is 0 Å². The molecular weight excluding hydrogens is 416 g/mol. The number of hydrogen-bond donors (Lipinski definition) is 2. The van der Waals surface area contributed by atoms with Gasteiger partial charge < -0.3 is 10.6 Å². The third-order valence-electron chi connectivity index (χ3n) is 4.44. The van der Waals surface area contributed by atoms with E-state index in [-0.39, 0.29) is 17.6 Å². The Balaban J connectivity index is 1.52. The summed E-state index contributed by atoms with van der Waals surface area (Å²) in [6.45, 7) is 2.52. The molecule has 0 radical (unpaired) electrons. The lowest BCUT2D eigenvalue weighted by molar-refractivity contribution is -0.113. The zero-order valence-corrected chi connectivity index (χ0v) is 18.2. The van der Waals surface area contributed by atoms with Gasteiger partial charge in [0, 0.05) is 22.2 Å². The van der Waals surface area contributed by atoms with Crippen LogP contribution < -0.4 is 10.6 Å². The van der Waals surface area contributed by atoms with Crippen molar-refractivity contribution in [3.8, 4) is 0 Å². The van der Waals surface area contributed by atoms with Crippen molar-refractivity contribution in [2.75, 3.05) is 17.6 Å². The number of benzene rings is 3. The molecule has 0 bridgehead atoms. The minimum atomic E-state index is -0.147. The molecule has 3 aromatic rings. The summed E-state index contributed by atoms with van der Waals surface area (Å²) in [6, 6.07) is 22.6. The van der Waals surface area contributed by atoms with Gasteiger partial charge in [0.25, 0.3) is 5.91 Å². The van der Waals surface area contributed by atoms with Crippen molar-refractivity contribution in [2.45, 2.75) is 18.2 Å². The molecule has 0 spiro atoms. The Labute approximate surface area is 186 Å². The maximum atomic E-state index is 12.6. The van der Waals surface area contributed by atoms with Gasteiger partial charge in [-0.3, -0.25) is 9.59 Å². The number of halogens is 1. The molecule has 0 saturated heterocycles. The average molecular weight is 439 g/mol. The van der Waals surface area contributed by atoms with Crippen molar-refractivity contribution in [1.82, 2.24) is 5.32 Å². The minimum absolute atomic E-state index is 0.109. The second-order valence-corrected chi connectivity index (χ2v) is 8.29. The van der Waals surface area contributed by atoms with E-state index in [0.717, 1.165) is 28.1 Å². The molecule has 0 fully saturated rings. The summed E-state index contributed by atoms with van der Waals surface area (Å²) in [4.78, 5) is 25.7. The highest BCUT2D eigenvalue weighted by molar-refractivity contribution is 8.00. The van der Waals surface area contributed by atoms with Gasteiger partial charge in [-0.15, -0.1) is 11.8 Å². The molecule has 3 aromatic carbocycles. The van der Waals surface area contributed by atoms with E-state index in [0.29, 0.717) is 17.1 Å². The monoisotopic (exact) mass is 438 g/mol. The van der Waals surface area contributed by atoms with Gasteiger partial charge in [-0.25, -0.2) is 0 Å². The number of thioether (sulfide) groups is 1. The molecule has 4 nitrogen and oxygen atoms in total. The fourth-order valence-corrected chi connectivity index (χ4v) is 3.80. The quantitative estimate of drug-likeness (QED) is 0.466. The predicted octanol–water partition coefficient (Wildman–Crippen LogP) is 5.35. The van der Waals surface area contributed by atoms with Crippen LogP contribution in [0, 0.1) is 6.92 Å². The lowest BCUT2D eigenvalue weighted by Crippen LogP contribution is -2.26. The second kappa shape index (κ2) is 10.9. The summed E-state index contributed by atoms with van der Waals surface area (Å²) in [5, 5.41) is 6.52. The Morgan fingerprint density at radius 3 is 2.37 bits per heavy atom. The molecule has 0 heterocycles. The molecule has 2 N–H and O–H groups in total. The number of rotatable bonds is 8. The number of nitrogens with one attached hydrogen (secondary N) is 2. The Morgan fingerprint density at radius 2 is 1.63 bits per heavy atom. The highest BCUT2D eigenvalue weighted by Crippen LogP contribution is 2.23. The standard InChI is InChI=1S/C24H23ClN2O2S/c1-17-6-12-20(13-7-17)27-23(28)16-30-22-5-3-2-4-21(22)24(29)26-15-14-18-8-10-19(25)11-9-18/h2-13H,14-16H2,1H3,(H,26,29)(H,27,28). The Kier molecular flexibility index (Phi) is 7.94. The normalized spacial score (nSPS) is 10.5. The smallest absolute Gasteiger partial charge is 0.252 e. The molecule has 3 rings (SSSR count). The van der Waals surface area contributed by atoms with Crippen molar-refractivity contribution in [1.29, 1.82) is 0 Å². The van der Waals surface area contributed by atoms with Crippen LogP contribution in [-0.2, 0) is 11.2 Å². The van der Waals surface area contributed by atoms with E-state index in [1.165, 1.54) is 11.8 Å². The van der Waals surface area contributed by atoms with Crippen molar-refractivity contribution >= 4 is 40.9 Å². The summed E-state index contributed by atoms with van der Waals surface area (Å²) in [5.41, 5.74) is 3.58. The van der Waals surface area contributed by atoms with Gasteiger partial charge in [0.05, 0.1) is 11.3 Å². The molecule has 6 heteroatoms. The van der Waals surface area contributed by atoms with E-state index in [2.05, 4.69) is 10.6 Å². The first-order chi connectivity index (χ1) is 14.5. The van der Waals surface area contributed by atoms with Crippen LogP contribution in [0.4, 0.5) is 5.69 Å². The SMILES string of the molecule is Cc1ccc(NC(=O)CSc2ccccc2C(=O)NCCc2ccc(Cl)cc2)cc1. The molecular formula is C24H23ClN2O2S. The second-order valence-electron chi connectivity index (χ2n) is 6.83. The van der Waals surface area contributed by atoms with E-state index >= 15 is 0 Å². The predicted molar refractivity (Wildman–Crippen MR) is 124 cm³/mol. The summed E-state index contributed by atoms with van der Waals surface area (Å²) in [7, 11) is 0. The number of amides is 2. The van der Waals surface area contributed by atoms with E-state index in [1.807, 2.05) is 73.7 Å². The molecule has 0 aliphatic heterocycles. The number of carbonyl (C=O) groups is 2. The van der Waals surface area contributed by atoms with Gasteiger partial charge in [-0.2, -0.15) is 0 Å². The molecule has 30 heavy (non-hydrogen) atoms. The molecule has 154 valence electrons. The van der Waals surface area contributed by atoms with Gasteiger partial charge in [0.15, 0.2) is 0 Å². The van der Waals surface area contributed by atoms with Gasteiger partial charge in [0.1, 0.15) is 0 Å². The van der Waals surface area contributed by atoms with E-state index in [9.17, 15) is 9.59 Å². The first kappa shape index (κ1) is 21.9. The van der Waals surface area contributed by atoms with Gasteiger partial charge in [0.2, 0.25) is 5.91 Å². The Bertz CT molecular complexity index is 1000. The fraction of sp³-hybridized carbons (Fsp3) is 0.167. The molecule has 0 aliphatic carbocycles. The summed E-state index contributed by atoms with van der Waals surface area (Å²) < 4.78 is 0. The average Bonchev–Trinajstić information content (AvgIpc) is 2.75. The molecule has 0 aliphatic rings. The van der Waals surface area contributed by atoms with E-state index in [4.69, 9.17) is 11.6 Å². The summed E-state index contributed by atoms with van der Waals surface area (Å²) in [5.74, 6) is -0.0315. The molecule has 0 atom stereocenters. The maximum absolute atomic E-state index is 12.6. The first-order valence-electron chi connectivity index (χ1n) is 9.62. The van der Waals surface area contributed by atoms with Crippen molar-refractivity contribution in [3.63, 3.8) is 0 Å². The van der Waals surface area contributed by atoms with Crippen molar-refractivity contribution < 1.29 is 9.59 Å². The first-order valence-corrected chi connectivity index (χ1v) is 11.0. The minimum Gasteiger partial charge on any atom is -0.352 e. The van der Waals surface area contributed by atoms with E-state index in [1.54, 1.807) is 6.07 Å². The number of aryl methyl sites for hydroxylation is 1. The topological polar surface area (TPSA) is 58.2 Å². The zero-order valence-electron chi connectivity index (χ0n) is 16.7. The van der Waals surface area contributed by atoms with Crippen LogP contribution in [0.3, 0.4) is 0 Å². The van der Waals surface area contributed by atoms with Crippen LogP contribution in [-0.4, -0.2) is 24.1 Å². The number of anilines is 1. The molecule has 0 unspecified atom stereocenters. The molecule has 2 amide bonds. The number of carbonyl (C=O) groups excluding carboxylic acids is 2. The lowest BCUT2D eigenvalue weighted by Gasteiger charge is -2.10. The third-order valence-corrected chi connectivity index (χ3v) is 5.76. The Hall–Kier alpha value is -2.76. The van der Waals surface area contributed by atoms with Gasteiger partial charge >= 0.3 is 0 Å². The van der Waals surface area contributed by atoms with Crippen molar-refractivity contribution in [3.05, 3.63) is 94.5 Å². The van der Waals surface area contributed by atoms with Crippen LogP contribution in [0.15, 0.2) is 77.7 Å². The summed E-state index contributed by atoms with van der Waals surface area (Å²) in [6.07, 6.45) is 0.719. The highest BCUT2D eigenvalue weighted by atomic mass is 35.5. The lowest BCUT2D eigenvalue weighted by atomic mass is 10.1. The Morgan fingerprint density at radius 1 is 0.933 bits per heavy atom. The zero-order chi connectivity index (χ0) is 21.3. The molecule has 0 aromatic heterocycles. The van der Waals surface area contributed by atoms with Gasteiger partial charge in [-0.1, -0.05) is 53.6 Å². The van der Waals surface area contributed by atoms with Crippen LogP contribution >= 0.6 is 23.4 Å². The largest absolute Gasteiger partial charge is 0.352 e. The molecule has 0 saturated carbocycles. The highest BCUT2D eigenvalue weighted by Gasteiger charge is 2.12. The fourth-order valence-electron chi connectivity index (χ4n) is 2.82. The number of hydrogen-bond acceptors (Lipinski definition) is 3. The maximum Gasteiger partial charge on any atom is 0.252 e. The van der Waals surface area contributed by atoms with E-state index < -0.39 is 0 Å². The van der Waals surface area contributed by atoms with Crippen LogP contribution in [0.2, 0.25) is 5.02 Å².